The summed E-state index contributed by atoms with van der Waals surface area (Å²) in [6, 6.07) is 0. The zero-order chi connectivity index (χ0) is 12.8. The van der Waals surface area contributed by atoms with Crippen LogP contribution in [-0.2, 0) is 7.05 Å². The van der Waals surface area contributed by atoms with Gasteiger partial charge in [0.15, 0.2) is 0 Å². The normalized spacial score (nSPS) is 10.5. The molecule has 0 radical (unpaired) electrons. The van der Waals surface area contributed by atoms with Crippen molar-refractivity contribution in [3.05, 3.63) is 11.3 Å². The van der Waals surface area contributed by atoms with E-state index >= 15 is 0 Å². The Balaban J connectivity index is 2.61. The van der Waals surface area contributed by atoms with Crippen molar-refractivity contribution in [1.82, 2.24) is 9.78 Å². The Kier molecular flexibility index (Phi) is 5.41. The zero-order valence-corrected chi connectivity index (χ0v) is 11.7. The van der Waals surface area contributed by atoms with E-state index in [2.05, 4.69) is 17.3 Å². The highest BCUT2D eigenvalue weighted by Gasteiger charge is 2.14. The first-order valence-electron chi connectivity index (χ1n) is 6.15. The second kappa shape index (κ2) is 6.59. The van der Waals surface area contributed by atoms with E-state index in [-0.39, 0.29) is 0 Å². The first kappa shape index (κ1) is 14.0. The third-order valence-corrected chi connectivity index (χ3v) is 3.00. The minimum Gasteiger partial charge on any atom is -0.389 e. The van der Waals surface area contributed by atoms with Crippen molar-refractivity contribution in [2.45, 2.75) is 39.5 Å². The van der Waals surface area contributed by atoms with Gasteiger partial charge in [-0.3, -0.25) is 4.68 Å². The summed E-state index contributed by atoms with van der Waals surface area (Å²) >= 11 is 5.06. The molecule has 1 heterocycles. The van der Waals surface area contributed by atoms with Crippen molar-refractivity contribution in [2.75, 3.05) is 11.9 Å². The Hall–Kier alpha value is -1.10. The minimum atomic E-state index is 0.409. The Labute approximate surface area is 109 Å². The zero-order valence-electron chi connectivity index (χ0n) is 10.9. The molecule has 5 heteroatoms. The highest BCUT2D eigenvalue weighted by Crippen LogP contribution is 2.18. The molecule has 0 aliphatic rings. The number of nitrogens with one attached hydrogen (secondary N) is 1. The predicted molar refractivity (Wildman–Crippen MR) is 76.5 cm³/mol. The Morgan fingerprint density at radius 1 is 1.41 bits per heavy atom. The van der Waals surface area contributed by atoms with Crippen LogP contribution in [0.4, 0.5) is 5.82 Å². The second-order valence-electron chi connectivity index (χ2n) is 4.28. The van der Waals surface area contributed by atoms with E-state index in [1.807, 2.05) is 18.7 Å². The Morgan fingerprint density at radius 2 is 2.12 bits per heavy atom. The maximum atomic E-state index is 5.72. The van der Waals surface area contributed by atoms with E-state index in [1.54, 1.807) is 0 Å². The van der Waals surface area contributed by atoms with Crippen molar-refractivity contribution < 1.29 is 0 Å². The lowest BCUT2D eigenvalue weighted by Crippen LogP contribution is -2.15. The second-order valence-corrected chi connectivity index (χ2v) is 4.72. The Morgan fingerprint density at radius 3 is 2.71 bits per heavy atom. The van der Waals surface area contributed by atoms with Crippen LogP contribution >= 0.6 is 12.2 Å². The van der Waals surface area contributed by atoms with Crippen LogP contribution in [-0.4, -0.2) is 21.3 Å². The fourth-order valence-electron chi connectivity index (χ4n) is 1.91. The molecule has 1 rings (SSSR count). The van der Waals surface area contributed by atoms with Gasteiger partial charge in [-0.1, -0.05) is 38.4 Å². The van der Waals surface area contributed by atoms with Gasteiger partial charge in [0.25, 0.3) is 0 Å². The molecule has 0 aromatic carbocycles. The van der Waals surface area contributed by atoms with Crippen LogP contribution < -0.4 is 11.1 Å². The van der Waals surface area contributed by atoms with Gasteiger partial charge in [-0.05, 0) is 13.3 Å². The van der Waals surface area contributed by atoms with Crippen LogP contribution in [0, 0.1) is 6.92 Å². The van der Waals surface area contributed by atoms with E-state index < -0.39 is 0 Å². The van der Waals surface area contributed by atoms with Gasteiger partial charge < -0.3 is 11.1 Å². The lowest BCUT2D eigenvalue weighted by atomic mass is 10.2. The SMILES string of the molecule is CCCCCCNc1c(C(N)=S)c(C)nn1C. The van der Waals surface area contributed by atoms with Crippen molar-refractivity contribution in [3.63, 3.8) is 0 Å². The summed E-state index contributed by atoms with van der Waals surface area (Å²) in [5, 5.41) is 7.71. The topological polar surface area (TPSA) is 55.9 Å². The number of hydrogen-bond acceptors (Lipinski definition) is 3. The summed E-state index contributed by atoms with van der Waals surface area (Å²) in [4.78, 5) is 0.409. The van der Waals surface area contributed by atoms with Gasteiger partial charge in [0.2, 0.25) is 0 Å². The van der Waals surface area contributed by atoms with Gasteiger partial charge >= 0.3 is 0 Å². The van der Waals surface area contributed by atoms with E-state index in [4.69, 9.17) is 18.0 Å². The first-order valence-corrected chi connectivity index (χ1v) is 6.56. The molecule has 0 aliphatic heterocycles. The average Bonchev–Trinajstić information content (AvgIpc) is 2.53. The lowest BCUT2D eigenvalue weighted by molar-refractivity contribution is 0.679. The van der Waals surface area contributed by atoms with Crippen LogP contribution in [0.25, 0.3) is 0 Å². The number of hydrogen-bond donors (Lipinski definition) is 2. The summed E-state index contributed by atoms with van der Waals surface area (Å²) in [5.74, 6) is 0.937. The molecule has 3 N–H and O–H groups in total. The van der Waals surface area contributed by atoms with Crippen LogP contribution in [0.5, 0.6) is 0 Å². The van der Waals surface area contributed by atoms with E-state index in [0.29, 0.717) is 4.99 Å². The van der Waals surface area contributed by atoms with Crippen LogP contribution in [0.1, 0.15) is 43.9 Å². The molecule has 0 fully saturated rings. The third-order valence-electron chi connectivity index (χ3n) is 2.79. The molecule has 17 heavy (non-hydrogen) atoms. The van der Waals surface area contributed by atoms with Gasteiger partial charge in [0.1, 0.15) is 10.8 Å². The molecule has 0 amide bonds. The lowest BCUT2D eigenvalue weighted by Gasteiger charge is -2.08. The van der Waals surface area contributed by atoms with Crippen molar-refractivity contribution in [2.24, 2.45) is 12.8 Å². The number of unbranched alkanes of at least 4 members (excludes halogenated alkanes) is 3. The molecular weight excluding hydrogens is 232 g/mol. The molecule has 0 aliphatic carbocycles. The maximum Gasteiger partial charge on any atom is 0.134 e. The number of anilines is 1. The van der Waals surface area contributed by atoms with Gasteiger partial charge in [-0.15, -0.1) is 0 Å². The third kappa shape index (κ3) is 3.70. The highest BCUT2D eigenvalue weighted by molar-refractivity contribution is 7.80. The van der Waals surface area contributed by atoms with Crippen LogP contribution in [0.3, 0.4) is 0 Å². The number of aromatic nitrogens is 2. The van der Waals surface area contributed by atoms with Gasteiger partial charge in [-0.25, -0.2) is 0 Å². The monoisotopic (exact) mass is 254 g/mol. The molecule has 4 nitrogen and oxygen atoms in total. The van der Waals surface area contributed by atoms with Crippen molar-refractivity contribution >= 4 is 23.0 Å². The number of rotatable bonds is 7. The molecule has 0 unspecified atom stereocenters. The van der Waals surface area contributed by atoms with Crippen molar-refractivity contribution in [1.29, 1.82) is 0 Å². The van der Waals surface area contributed by atoms with Gasteiger partial charge in [0, 0.05) is 13.6 Å². The average molecular weight is 254 g/mol. The summed E-state index contributed by atoms with van der Waals surface area (Å²) < 4.78 is 1.81. The number of aryl methyl sites for hydroxylation is 2. The Bertz CT molecular complexity index is 384. The molecule has 0 bridgehead atoms. The quantitative estimate of drug-likeness (QED) is 0.579. The summed E-state index contributed by atoms with van der Waals surface area (Å²) in [6.45, 7) is 5.08. The number of thiocarbonyl (C=S) groups is 1. The standard InChI is InChI=1S/C12H22N4S/c1-4-5-6-7-8-14-12-10(11(13)17)9(2)15-16(12)3/h14H,4-8H2,1-3H3,(H2,13,17). The molecule has 0 saturated carbocycles. The fraction of sp³-hybridized carbons (Fsp3) is 0.667. The summed E-state index contributed by atoms with van der Waals surface area (Å²) in [5.41, 5.74) is 7.48. The molecule has 1 aromatic rings. The predicted octanol–water partition coefficient (Wildman–Crippen LogP) is 2.35. The van der Waals surface area contributed by atoms with Crippen molar-refractivity contribution in [3.8, 4) is 0 Å². The van der Waals surface area contributed by atoms with Gasteiger partial charge in [0.05, 0.1) is 11.3 Å². The molecule has 96 valence electrons. The fourth-order valence-corrected chi connectivity index (χ4v) is 2.16. The number of nitrogens with zero attached hydrogens (tertiary/aromatic N) is 2. The van der Waals surface area contributed by atoms with Crippen LogP contribution in [0.2, 0.25) is 0 Å². The molecular formula is C12H22N4S. The molecule has 0 spiro atoms. The number of nitrogens with two attached hydrogens (primary N) is 1. The minimum absolute atomic E-state index is 0.409. The molecule has 0 saturated heterocycles. The van der Waals surface area contributed by atoms with E-state index in [0.717, 1.165) is 30.0 Å². The first-order chi connectivity index (χ1) is 8.07. The molecule has 0 atom stereocenters. The maximum absolute atomic E-state index is 5.72. The van der Waals surface area contributed by atoms with E-state index in [1.165, 1.54) is 19.3 Å². The summed E-state index contributed by atoms with van der Waals surface area (Å²) in [6.07, 6.45) is 4.95. The smallest absolute Gasteiger partial charge is 0.134 e. The van der Waals surface area contributed by atoms with Crippen LogP contribution in [0.15, 0.2) is 0 Å². The highest BCUT2D eigenvalue weighted by atomic mass is 32.1. The largest absolute Gasteiger partial charge is 0.389 e. The summed E-state index contributed by atoms with van der Waals surface area (Å²) in [7, 11) is 1.91. The van der Waals surface area contributed by atoms with Gasteiger partial charge in [-0.2, -0.15) is 5.10 Å². The molecule has 1 aromatic heterocycles. The van der Waals surface area contributed by atoms with E-state index in [9.17, 15) is 0 Å².